The molecule has 2 aromatic heterocycles. The molecule has 0 aliphatic heterocycles. The maximum absolute atomic E-state index is 13.2. The summed E-state index contributed by atoms with van der Waals surface area (Å²) in [5, 5.41) is 11.9. The monoisotopic (exact) mass is 391 g/mol. The molecular formula is C21H18FN5O2. The first-order valence-corrected chi connectivity index (χ1v) is 9.05. The van der Waals surface area contributed by atoms with Crippen LogP contribution in [0.1, 0.15) is 11.3 Å². The fourth-order valence-electron chi connectivity index (χ4n) is 3.10. The highest BCUT2D eigenvalue weighted by Gasteiger charge is 2.16. The molecule has 0 saturated carbocycles. The number of aryl methyl sites for hydroxylation is 1. The van der Waals surface area contributed by atoms with Crippen molar-refractivity contribution in [1.29, 1.82) is 0 Å². The quantitative estimate of drug-likeness (QED) is 0.566. The fourth-order valence-corrected chi connectivity index (χ4v) is 3.10. The van der Waals surface area contributed by atoms with E-state index in [1.807, 2.05) is 30.3 Å². The van der Waals surface area contributed by atoms with E-state index in [-0.39, 0.29) is 18.3 Å². The molecule has 0 aliphatic carbocycles. The van der Waals surface area contributed by atoms with Crippen LogP contribution in [-0.2, 0) is 17.9 Å². The molecule has 29 heavy (non-hydrogen) atoms. The molecule has 4 rings (SSSR count). The molecule has 8 heteroatoms. The third kappa shape index (κ3) is 3.77. The van der Waals surface area contributed by atoms with Gasteiger partial charge in [0, 0.05) is 11.9 Å². The molecule has 0 aliphatic rings. The molecule has 0 radical (unpaired) electrons. The van der Waals surface area contributed by atoms with Crippen LogP contribution < -0.4 is 10.9 Å². The van der Waals surface area contributed by atoms with Crippen molar-refractivity contribution in [2.24, 2.45) is 0 Å². The van der Waals surface area contributed by atoms with Crippen molar-refractivity contribution in [2.45, 2.75) is 20.0 Å². The van der Waals surface area contributed by atoms with Crippen LogP contribution in [0.5, 0.6) is 0 Å². The van der Waals surface area contributed by atoms with Gasteiger partial charge in [0.2, 0.25) is 5.91 Å². The lowest BCUT2D eigenvalue weighted by atomic mass is 10.2. The number of nitrogens with zero attached hydrogens (tertiary/aromatic N) is 4. The predicted octanol–water partition coefficient (Wildman–Crippen LogP) is 2.35. The number of hydrogen-bond donors (Lipinski definition) is 1. The SMILES string of the molecule is Cc1nn(CC(=O)NCc2ccccc2)c(=O)c2c1cnn2-c1ccc(F)cc1. The third-order valence-corrected chi connectivity index (χ3v) is 4.56. The summed E-state index contributed by atoms with van der Waals surface area (Å²) in [6, 6.07) is 15.2. The molecular weight excluding hydrogens is 373 g/mol. The van der Waals surface area contributed by atoms with Crippen LogP contribution in [0.15, 0.2) is 65.6 Å². The zero-order valence-electron chi connectivity index (χ0n) is 15.7. The number of rotatable bonds is 5. The van der Waals surface area contributed by atoms with Gasteiger partial charge in [-0.25, -0.2) is 13.8 Å². The Bertz CT molecular complexity index is 1230. The normalized spacial score (nSPS) is 11.0. The van der Waals surface area contributed by atoms with E-state index < -0.39 is 5.56 Å². The summed E-state index contributed by atoms with van der Waals surface area (Å²) in [7, 11) is 0. The smallest absolute Gasteiger partial charge is 0.293 e. The second kappa shape index (κ2) is 7.67. The summed E-state index contributed by atoms with van der Waals surface area (Å²) in [6.07, 6.45) is 1.54. The van der Waals surface area contributed by atoms with E-state index >= 15 is 0 Å². The van der Waals surface area contributed by atoms with E-state index in [2.05, 4.69) is 15.5 Å². The maximum atomic E-state index is 13.2. The molecule has 2 aromatic carbocycles. The molecule has 7 nitrogen and oxygen atoms in total. The predicted molar refractivity (Wildman–Crippen MR) is 106 cm³/mol. The molecule has 0 spiro atoms. The van der Waals surface area contributed by atoms with Crippen LogP contribution in [0.4, 0.5) is 4.39 Å². The van der Waals surface area contributed by atoms with Crippen LogP contribution in [0.2, 0.25) is 0 Å². The summed E-state index contributed by atoms with van der Waals surface area (Å²) >= 11 is 0. The van der Waals surface area contributed by atoms with Gasteiger partial charge in [-0.1, -0.05) is 30.3 Å². The highest BCUT2D eigenvalue weighted by Crippen LogP contribution is 2.17. The summed E-state index contributed by atoms with van der Waals surface area (Å²) in [5.74, 6) is -0.703. The molecule has 0 saturated heterocycles. The topological polar surface area (TPSA) is 81.8 Å². The Kier molecular flexibility index (Phi) is 4.90. The number of carbonyl (C=O) groups is 1. The van der Waals surface area contributed by atoms with E-state index in [0.29, 0.717) is 28.8 Å². The lowest BCUT2D eigenvalue weighted by molar-refractivity contribution is -0.122. The zero-order chi connectivity index (χ0) is 20.4. The minimum Gasteiger partial charge on any atom is -0.350 e. The fraction of sp³-hybridized carbons (Fsp3) is 0.143. The van der Waals surface area contributed by atoms with E-state index in [4.69, 9.17) is 0 Å². The van der Waals surface area contributed by atoms with Crippen molar-refractivity contribution >= 4 is 16.8 Å². The van der Waals surface area contributed by atoms with Crippen LogP contribution in [0, 0.1) is 12.7 Å². The number of hydrogen-bond acceptors (Lipinski definition) is 4. The Balaban J connectivity index is 1.64. The summed E-state index contributed by atoms with van der Waals surface area (Å²) in [5.41, 5.74) is 1.93. The van der Waals surface area contributed by atoms with Gasteiger partial charge in [0.1, 0.15) is 17.9 Å². The van der Waals surface area contributed by atoms with Crippen molar-refractivity contribution in [3.05, 3.63) is 88.2 Å². The van der Waals surface area contributed by atoms with Crippen molar-refractivity contribution in [2.75, 3.05) is 0 Å². The summed E-state index contributed by atoms with van der Waals surface area (Å²) in [6.45, 7) is 1.90. The second-order valence-electron chi connectivity index (χ2n) is 6.61. The minimum absolute atomic E-state index is 0.211. The van der Waals surface area contributed by atoms with Gasteiger partial charge in [0.15, 0.2) is 0 Å². The highest BCUT2D eigenvalue weighted by molar-refractivity contribution is 5.82. The first-order chi connectivity index (χ1) is 14.0. The molecule has 0 bridgehead atoms. The first-order valence-electron chi connectivity index (χ1n) is 9.05. The Hall–Kier alpha value is -3.81. The van der Waals surface area contributed by atoms with Gasteiger partial charge >= 0.3 is 0 Å². The van der Waals surface area contributed by atoms with Gasteiger partial charge in [0.25, 0.3) is 5.56 Å². The maximum Gasteiger partial charge on any atom is 0.293 e. The van der Waals surface area contributed by atoms with Gasteiger partial charge < -0.3 is 5.32 Å². The van der Waals surface area contributed by atoms with Crippen molar-refractivity contribution < 1.29 is 9.18 Å². The zero-order valence-corrected chi connectivity index (χ0v) is 15.7. The van der Waals surface area contributed by atoms with Crippen molar-refractivity contribution in [3.63, 3.8) is 0 Å². The molecule has 146 valence electrons. The van der Waals surface area contributed by atoms with Gasteiger partial charge in [-0.2, -0.15) is 10.2 Å². The molecule has 0 atom stereocenters. The second-order valence-corrected chi connectivity index (χ2v) is 6.61. The number of carbonyl (C=O) groups excluding carboxylic acids is 1. The highest BCUT2D eigenvalue weighted by atomic mass is 19.1. The lowest BCUT2D eigenvalue weighted by Crippen LogP contribution is -2.34. The van der Waals surface area contributed by atoms with Gasteiger partial charge in [-0.3, -0.25) is 9.59 Å². The molecule has 1 N–H and O–H groups in total. The number of halogens is 1. The average Bonchev–Trinajstić information content (AvgIpc) is 3.18. The Morgan fingerprint density at radius 3 is 2.55 bits per heavy atom. The first kappa shape index (κ1) is 18.5. The molecule has 2 heterocycles. The van der Waals surface area contributed by atoms with E-state index in [0.717, 1.165) is 10.2 Å². The van der Waals surface area contributed by atoms with Crippen LogP contribution in [0.3, 0.4) is 0 Å². The van der Waals surface area contributed by atoms with Gasteiger partial charge in [-0.15, -0.1) is 0 Å². The number of nitrogens with one attached hydrogen (secondary N) is 1. The van der Waals surface area contributed by atoms with Crippen LogP contribution in [0.25, 0.3) is 16.6 Å². The standard InChI is InChI=1S/C21H18FN5O2/c1-14-18-12-24-27(17-9-7-16(22)8-10-17)20(18)21(29)26(25-14)13-19(28)23-11-15-5-3-2-4-6-15/h2-10,12H,11,13H2,1H3,(H,23,28). The molecule has 0 unspecified atom stereocenters. The Labute approximate surface area is 165 Å². The lowest BCUT2D eigenvalue weighted by Gasteiger charge is -2.09. The molecule has 1 amide bonds. The third-order valence-electron chi connectivity index (χ3n) is 4.56. The van der Waals surface area contributed by atoms with Crippen molar-refractivity contribution in [3.8, 4) is 5.69 Å². The number of aromatic nitrogens is 4. The number of amides is 1. The van der Waals surface area contributed by atoms with E-state index in [9.17, 15) is 14.0 Å². The summed E-state index contributed by atoms with van der Waals surface area (Å²) in [4.78, 5) is 25.3. The molecule has 0 fully saturated rings. The number of benzene rings is 2. The Morgan fingerprint density at radius 2 is 1.83 bits per heavy atom. The van der Waals surface area contributed by atoms with Gasteiger partial charge in [-0.05, 0) is 36.8 Å². The Morgan fingerprint density at radius 1 is 1.10 bits per heavy atom. The van der Waals surface area contributed by atoms with E-state index in [1.54, 1.807) is 13.1 Å². The largest absolute Gasteiger partial charge is 0.350 e. The summed E-state index contributed by atoms with van der Waals surface area (Å²) < 4.78 is 15.8. The molecule has 4 aromatic rings. The average molecular weight is 391 g/mol. The van der Waals surface area contributed by atoms with Crippen molar-refractivity contribution in [1.82, 2.24) is 24.9 Å². The minimum atomic E-state index is -0.442. The van der Waals surface area contributed by atoms with Crippen LogP contribution in [-0.4, -0.2) is 25.5 Å². The van der Waals surface area contributed by atoms with Crippen LogP contribution >= 0.6 is 0 Å². The van der Waals surface area contributed by atoms with E-state index in [1.165, 1.54) is 28.9 Å². The number of fused-ring (bicyclic) bond motifs is 1. The van der Waals surface area contributed by atoms with Gasteiger partial charge in [0.05, 0.1) is 17.6 Å².